The van der Waals surface area contributed by atoms with Gasteiger partial charge in [0.2, 0.25) is 0 Å². The van der Waals surface area contributed by atoms with E-state index in [4.69, 9.17) is 0 Å². The van der Waals surface area contributed by atoms with Crippen LogP contribution in [0.25, 0.3) is 0 Å². The third-order valence-corrected chi connectivity index (χ3v) is 2.40. The molecule has 13 heavy (non-hydrogen) atoms. The highest BCUT2D eigenvalue weighted by molar-refractivity contribution is 7.97. The summed E-state index contributed by atoms with van der Waals surface area (Å²) < 4.78 is 3.13. The summed E-state index contributed by atoms with van der Waals surface area (Å²) in [6.07, 6.45) is 2.00. The molecule has 1 aromatic rings. The Labute approximate surface area is 81.9 Å². The summed E-state index contributed by atoms with van der Waals surface area (Å²) in [5.74, 6) is 1.62. The van der Waals surface area contributed by atoms with Crippen LogP contribution in [0.15, 0.2) is 4.79 Å². The van der Waals surface area contributed by atoms with Gasteiger partial charge in [0.25, 0.3) is 0 Å². The van der Waals surface area contributed by atoms with Crippen LogP contribution in [0.2, 0.25) is 0 Å². The van der Waals surface area contributed by atoms with E-state index in [1.807, 2.05) is 20.1 Å². The van der Waals surface area contributed by atoms with Gasteiger partial charge < -0.3 is 0 Å². The highest BCUT2D eigenvalue weighted by atomic mass is 32.2. The van der Waals surface area contributed by atoms with E-state index in [2.05, 4.69) is 5.10 Å². The second kappa shape index (κ2) is 4.00. The van der Waals surface area contributed by atoms with E-state index in [0.717, 1.165) is 11.6 Å². The third-order valence-electron chi connectivity index (χ3n) is 1.86. The van der Waals surface area contributed by atoms with E-state index in [1.165, 1.54) is 4.68 Å². The lowest BCUT2D eigenvalue weighted by molar-refractivity contribution is 0.507. The Morgan fingerprint density at radius 1 is 1.54 bits per heavy atom. The molecular formula is C8H15N3OS. The van der Waals surface area contributed by atoms with Crippen LogP contribution >= 0.6 is 11.8 Å². The molecule has 1 aromatic heterocycles. The highest BCUT2D eigenvalue weighted by Crippen LogP contribution is 2.05. The zero-order valence-electron chi connectivity index (χ0n) is 8.44. The van der Waals surface area contributed by atoms with Gasteiger partial charge in [-0.1, -0.05) is 0 Å². The van der Waals surface area contributed by atoms with Crippen LogP contribution in [-0.2, 0) is 12.8 Å². The van der Waals surface area contributed by atoms with Crippen molar-refractivity contribution in [2.45, 2.75) is 25.6 Å². The SMILES string of the molecule is CSCc1nn(C(C)C)c(=O)n1C. The van der Waals surface area contributed by atoms with Crippen molar-refractivity contribution in [2.24, 2.45) is 7.05 Å². The summed E-state index contributed by atoms with van der Waals surface area (Å²) in [6, 6.07) is 0.134. The predicted molar refractivity (Wildman–Crippen MR) is 55.1 cm³/mol. The lowest BCUT2D eigenvalue weighted by Gasteiger charge is -2.00. The monoisotopic (exact) mass is 201 g/mol. The molecule has 0 atom stereocenters. The molecule has 74 valence electrons. The molecule has 0 aliphatic carbocycles. The molecule has 0 aliphatic heterocycles. The molecule has 0 fully saturated rings. The Hall–Kier alpha value is -0.710. The Balaban J connectivity index is 3.13. The number of rotatable bonds is 3. The van der Waals surface area contributed by atoms with Crippen LogP contribution in [0, 0.1) is 0 Å². The van der Waals surface area contributed by atoms with Crippen molar-refractivity contribution in [1.82, 2.24) is 14.3 Å². The van der Waals surface area contributed by atoms with Gasteiger partial charge in [-0.15, -0.1) is 0 Å². The average molecular weight is 201 g/mol. The molecular weight excluding hydrogens is 186 g/mol. The topological polar surface area (TPSA) is 39.8 Å². The van der Waals surface area contributed by atoms with Crippen molar-refractivity contribution < 1.29 is 0 Å². The molecule has 4 nitrogen and oxygen atoms in total. The highest BCUT2D eigenvalue weighted by Gasteiger charge is 2.10. The first-order valence-corrected chi connectivity index (χ1v) is 5.60. The van der Waals surface area contributed by atoms with Crippen molar-refractivity contribution >= 4 is 11.8 Å². The third kappa shape index (κ3) is 1.96. The molecule has 0 saturated carbocycles. The summed E-state index contributed by atoms with van der Waals surface area (Å²) in [6.45, 7) is 3.91. The van der Waals surface area contributed by atoms with Gasteiger partial charge in [-0.25, -0.2) is 9.48 Å². The molecule has 5 heteroatoms. The lowest BCUT2D eigenvalue weighted by Crippen LogP contribution is -2.24. The fourth-order valence-electron chi connectivity index (χ4n) is 1.09. The van der Waals surface area contributed by atoms with Crippen LogP contribution in [0.5, 0.6) is 0 Å². The molecule has 0 spiro atoms. The quantitative estimate of drug-likeness (QED) is 0.733. The van der Waals surface area contributed by atoms with E-state index >= 15 is 0 Å². The number of thioether (sulfide) groups is 1. The summed E-state index contributed by atoms with van der Waals surface area (Å²) in [5, 5.41) is 4.24. The minimum absolute atomic E-state index is 0.0287. The second-order valence-corrected chi connectivity index (χ2v) is 4.10. The fourth-order valence-corrected chi connectivity index (χ4v) is 1.60. The minimum Gasteiger partial charge on any atom is -0.281 e. The van der Waals surface area contributed by atoms with Crippen molar-refractivity contribution in [3.05, 3.63) is 16.3 Å². The van der Waals surface area contributed by atoms with E-state index in [1.54, 1.807) is 23.4 Å². The minimum atomic E-state index is -0.0287. The van der Waals surface area contributed by atoms with E-state index in [-0.39, 0.29) is 11.7 Å². The number of hydrogen-bond acceptors (Lipinski definition) is 3. The van der Waals surface area contributed by atoms with Gasteiger partial charge in [-0.05, 0) is 20.1 Å². The van der Waals surface area contributed by atoms with E-state index in [9.17, 15) is 4.79 Å². The van der Waals surface area contributed by atoms with Gasteiger partial charge in [0.15, 0.2) is 0 Å². The average Bonchev–Trinajstić information content (AvgIpc) is 2.33. The molecule has 1 rings (SSSR count). The zero-order valence-corrected chi connectivity index (χ0v) is 9.26. The smallest absolute Gasteiger partial charge is 0.281 e. The maximum atomic E-state index is 11.6. The Morgan fingerprint density at radius 2 is 2.15 bits per heavy atom. The zero-order chi connectivity index (χ0) is 10.0. The van der Waals surface area contributed by atoms with E-state index < -0.39 is 0 Å². The summed E-state index contributed by atoms with van der Waals surface area (Å²) in [5.41, 5.74) is -0.0287. The summed E-state index contributed by atoms with van der Waals surface area (Å²) in [4.78, 5) is 11.6. The Bertz CT molecular complexity index is 340. The largest absolute Gasteiger partial charge is 0.345 e. The molecule has 0 aromatic carbocycles. The van der Waals surface area contributed by atoms with E-state index in [0.29, 0.717) is 0 Å². The second-order valence-electron chi connectivity index (χ2n) is 3.23. The van der Waals surface area contributed by atoms with Gasteiger partial charge in [0.05, 0.1) is 11.8 Å². The maximum Gasteiger partial charge on any atom is 0.345 e. The van der Waals surface area contributed by atoms with Gasteiger partial charge in [0.1, 0.15) is 5.82 Å². The number of hydrogen-bond donors (Lipinski definition) is 0. The fraction of sp³-hybridized carbons (Fsp3) is 0.750. The van der Waals surface area contributed by atoms with Gasteiger partial charge >= 0.3 is 5.69 Å². The van der Waals surface area contributed by atoms with Crippen LogP contribution in [-0.4, -0.2) is 20.6 Å². The Kier molecular flexibility index (Phi) is 3.19. The first-order chi connectivity index (χ1) is 6.07. The molecule has 1 heterocycles. The lowest BCUT2D eigenvalue weighted by atomic mass is 10.4. The predicted octanol–water partition coefficient (Wildman–Crippen LogP) is 1.03. The van der Waals surface area contributed by atoms with Crippen molar-refractivity contribution in [3.8, 4) is 0 Å². The van der Waals surface area contributed by atoms with Crippen LogP contribution < -0.4 is 5.69 Å². The molecule has 0 amide bonds. The van der Waals surface area contributed by atoms with Gasteiger partial charge in [0, 0.05) is 7.05 Å². The van der Waals surface area contributed by atoms with Crippen LogP contribution in [0.4, 0.5) is 0 Å². The Morgan fingerprint density at radius 3 is 2.54 bits per heavy atom. The number of nitrogens with zero attached hydrogens (tertiary/aromatic N) is 3. The maximum absolute atomic E-state index is 11.6. The van der Waals surface area contributed by atoms with Gasteiger partial charge in [-0.3, -0.25) is 4.57 Å². The van der Waals surface area contributed by atoms with Crippen molar-refractivity contribution in [3.63, 3.8) is 0 Å². The van der Waals surface area contributed by atoms with Crippen molar-refractivity contribution in [1.29, 1.82) is 0 Å². The number of aromatic nitrogens is 3. The van der Waals surface area contributed by atoms with Crippen LogP contribution in [0.1, 0.15) is 25.7 Å². The summed E-state index contributed by atoms with van der Waals surface area (Å²) >= 11 is 1.67. The molecule has 0 radical (unpaired) electrons. The molecule has 0 bridgehead atoms. The molecule has 0 unspecified atom stereocenters. The standard InChI is InChI=1S/C8H15N3OS/c1-6(2)11-8(12)10(3)7(9-11)5-13-4/h6H,5H2,1-4H3. The first-order valence-electron chi connectivity index (χ1n) is 4.21. The molecule has 0 N–H and O–H groups in total. The van der Waals surface area contributed by atoms with Crippen LogP contribution in [0.3, 0.4) is 0 Å². The van der Waals surface area contributed by atoms with Gasteiger partial charge in [-0.2, -0.15) is 16.9 Å². The molecule has 0 saturated heterocycles. The van der Waals surface area contributed by atoms with Crippen molar-refractivity contribution in [2.75, 3.05) is 6.26 Å². The first kappa shape index (κ1) is 10.4. The normalized spacial score (nSPS) is 11.2. The molecule has 0 aliphatic rings. The summed E-state index contributed by atoms with van der Waals surface area (Å²) in [7, 11) is 1.76.